The summed E-state index contributed by atoms with van der Waals surface area (Å²) in [5, 5.41) is 0. The van der Waals surface area contributed by atoms with E-state index in [1.807, 2.05) is 12.1 Å². The Hall–Kier alpha value is -1.11. The number of hydrogen-bond acceptors (Lipinski definition) is 4. The van der Waals surface area contributed by atoms with Gasteiger partial charge in [0.25, 0.3) is 0 Å². The highest BCUT2D eigenvalue weighted by atomic mass is 32.2. The van der Waals surface area contributed by atoms with E-state index in [4.69, 9.17) is 5.73 Å². The molecule has 0 aromatic heterocycles. The third kappa shape index (κ3) is 6.77. The molecular weight excluding hydrogens is 298 g/mol. The van der Waals surface area contributed by atoms with Crippen LogP contribution in [-0.2, 0) is 16.4 Å². The number of hydrogen-bond donors (Lipinski definition) is 2. The molecule has 1 rings (SSSR count). The molecule has 0 spiro atoms. The lowest BCUT2D eigenvalue weighted by Gasteiger charge is -2.32. The summed E-state index contributed by atoms with van der Waals surface area (Å²) in [5.74, 6) is 0. The zero-order chi connectivity index (χ0) is 16.9. The highest BCUT2D eigenvalue weighted by Crippen LogP contribution is 2.13. The van der Waals surface area contributed by atoms with Gasteiger partial charge in [-0.2, -0.15) is 0 Å². The quantitative estimate of drug-likeness (QED) is 0.766. The molecule has 0 saturated carbocycles. The standard InChI is InChI=1S/C16H29N3O2S/c1-12(2)19(13(3)4)11-15(17)10-14-6-8-16(9-7-14)18-22(5,20)21/h6-9,12-13,15,18H,10-11,17H2,1-5H3/t15-/m0/s1. The third-order valence-corrected chi connectivity index (χ3v) is 4.13. The molecule has 5 nitrogen and oxygen atoms in total. The highest BCUT2D eigenvalue weighted by Gasteiger charge is 2.17. The van der Waals surface area contributed by atoms with E-state index in [1.165, 1.54) is 0 Å². The minimum absolute atomic E-state index is 0.0542. The van der Waals surface area contributed by atoms with E-state index >= 15 is 0 Å². The van der Waals surface area contributed by atoms with Gasteiger partial charge in [0.1, 0.15) is 0 Å². The Balaban J connectivity index is 2.63. The van der Waals surface area contributed by atoms with Crippen molar-refractivity contribution in [1.29, 1.82) is 0 Å². The number of benzene rings is 1. The van der Waals surface area contributed by atoms with Gasteiger partial charge in [-0.15, -0.1) is 0 Å². The SMILES string of the molecule is CC(C)N(C[C@@H](N)Cc1ccc(NS(C)(=O)=O)cc1)C(C)C. The van der Waals surface area contributed by atoms with Crippen LogP contribution in [0.2, 0.25) is 0 Å². The van der Waals surface area contributed by atoms with Gasteiger partial charge in [0, 0.05) is 30.4 Å². The summed E-state index contributed by atoms with van der Waals surface area (Å²) in [5.41, 5.74) is 7.95. The number of nitrogens with two attached hydrogens (primary N) is 1. The molecular formula is C16H29N3O2S. The van der Waals surface area contributed by atoms with Gasteiger partial charge in [0.2, 0.25) is 10.0 Å². The van der Waals surface area contributed by atoms with Crippen LogP contribution in [0, 0.1) is 0 Å². The molecule has 1 aromatic rings. The van der Waals surface area contributed by atoms with Crippen LogP contribution in [0.25, 0.3) is 0 Å². The fourth-order valence-corrected chi connectivity index (χ4v) is 3.14. The van der Waals surface area contributed by atoms with E-state index in [0.29, 0.717) is 17.8 Å². The van der Waals surface area contributed by atoms with Gasteiger partial charge in [-0.1, -0.05) is 12.1 Å². The summed E-state index contributed by atoms with van der Waals surface area (Å²) in [4.78, 5) is 2.38. The van der Waals surface area contributed by atoms with Crippen LogP contribution < -0.4 is 10.5 Å². The van der Waals surface area contributed by atoms with Crippen molar-refractivity contribution in [3.63, 3.8) is 0 Å². The van der Waals surface area contributed by atoms with Crippen LogP contribution in [0.15, 0.2) is 24.3 Å². The van der Waals surface area contributed by atoms with Gasteiger partial charge >= 0.3 is 0 Å². The van der Waals surface area contributed by atoms with Crippen molar-refractivity contribution in [3.05, 3.63) is 29.8 Å². The Labute approximate surface area is 134 Å². The minimum Gasteiger partial charge on any atom is -0.326 e. The predicted octanol–water partition coefficient (Wildman–Crippen LogP) is 2.05. The minimum atomic E-state index is -3.23. The smallest absolute Gasteiger partial charge is 0.229 e. The first-order valence-corrected chi connectivity index (χ1v) is 9.55. The predicted molar refractivity (Wildman–Crippen MR) is 93.6 cm³/mol. The lowest BCUT2D eigenvalue weighted by molar-refractivity contribution is 0.164. The van der Waals surface area contributed by atoms with Crippen molar-refractivity contribution in [3.8, 4) is 0 Å². The Morgan fingerprint density at radius 2 is 1.59 bits per heavy atom. The Morgan fingerprint density at radius 1 is 1.09 bits per heavy atom. The molecule has 1 atom stereocenters. The summed E-state index contributed by atoms with van der Waals surface area (Å²) >= 11 is 0. The Morgan fingerprint density at radius 3 is 2.00 bits per heavy atom. The maximum absolute atomic E-state index is 11.2. The van der Waals surface area contributed by atoms with Crippen LogP contribution in [0.4, 0.5) is 5.69 Å². The van der Waals surface area contributed by atoms with E-state index in [9.17, 15) is 8.42 Å². The van der Waals surface area contributed by atoms with E-state index in [1.54, 1.807) is 12.1 Å². The number of anilines is 1. The second kappa shape index (κ2) is 7.94. The number of rotatable bonds is 8. The molecule has 0 radical (unpaired) electrons. The molecule has 6 heteroatoms. The number of nitrogens with one attached hydrogen (secondary N) is 1. The van der Waals surface area contributed by atoms with Gasteiger partial charge in [0.15, 0.2) is 0 Å². The third-order valence-electron chi connectivity index (χ3n) is 3.53. The normalized spacial score (nSPS) is 13.9. The van der Waals surface area contributed by atoms with Crippen molar-refractivity contribution in [2.24, 2.45) is 5.73 Å². The maximum atomic E-state index is 11.2. The molecule has 0 aliphatic rings. The fourth-order valence-electron chi connectivity index (χ4n) is 2.58. The molecule has 22 heavy (non-hydrogen) atoms. The molecule has 0 heterocycles. The summed E-state index contributed by atoms with van der Waals surface area (Å²) in [6.45, 7) is 9.56. The second-order valence-corrected chi connectivity index (χ2v) is 8.17. The first-order valence-electron chi connectivity index (χ1n) is 7.66. The summed E-state index contributed by atoms with van der Waals surface area (Å²) < 4.78 is 24.8. The van der Waals surface area contributed by atoms with Gasteiger partial charge in [-0.05, 0) is 51.8 Å². The van der Waals surface area contributed by atoms with Crippen LogP contribution in [0.5, 0.6) is 0 Å². The van der Waals surface area contributed by atoms with E-state index in [2.05, 4.69) is 37.3 Å². The molecule has 0 aliphatic heterocycles. The topological polar surface area (TPSA) is 75.4 Å². The molecule has 0 aliphatic carbocycles. The van der Waals surface area contributed by atoms with Crippen LogP contribution in [0.1, 0.15) is 33.3 Å². The van der Waals surface area contributed by atoms with Crippen LogP contribution >= 0.6 is 0 Å². The van der Waals surface area contributed by atoms with E-state index < -0.39 is 10.0 Å². The fraction of sp³-hybridized carbons (Fsp3) is 0.625. The Kier molecular flexibility index (Phi) is 6.84. The van der Waals surface area contributed by atoms with Crippen LogP contribution in [-0.4, -0.2) is 44.2 Å². The summed E-state index contributed by atoms with van der Waals surface area (Å²) in [7, 11) is -3.23. The highest BCUT2D eigenvalue weighted by molar-refractivity contribution is 7.92. The zero-order valence-electron chi connectivity index (χ0n) is 14.2. The van der Waals surface area contributed by atoms with Gasteiger partial charge in [0.05, 0.1) is 6.26 Å². The lowest BCUT2D eigenvalue weighted by atomic mass is 10.0. The van der Waals surface area contributed by atoms with Crippen LogP contribution in [0.3, 0.4) is 0 Å². The second-order valence-electron chi connectivity index (χ2n) is 6.42. The average molecular weight is 327 g/mol. The van der Waals surface area contributed by atoms with Crippen molar-refractivity contribution in [2.45, 2.75) is 52.2 Å². The van der Waals surface area contributed by atoms with E-state index in [0.717, 1.165) is 24.8 Å². The number of nitrogens with zero attached hydrogens (tertiary/aromatic N) is 1. The largest absolute Gasteiger partial charge is 0.326 e. The first kappa shape index (κ1) is 18.9. The number of sulfonamides is 1. The zero-order valence-corrected chi connectivity index (χ0v) is 15.0. The molecule has 0 bridgehead atoms. The van der Waals surface area contributed by atoms with Gasteiger partial charge in [-0.3, -0.25) is 9.62 Å². The van der Waals surface area contributed by atoms with Crippen molar-refractivity contribution in [2.75, 3.05) is 17.5 Å². The van der Waals surface area contributed by atoms with Gasteiger partial charge in [-0.25, -0.2) is 8.42 Å². The molecule has 0 fully saturated rings. The Bertz CT molecular complexity index is 545. The van der Waals surface area contributed by atoms with Crippen molar-refractivity contribution in [1.82, 2.24) is 4.90 Å². The summed E-state index contributed by atoms with van der Waals surface area (Å²) in [6.07, 6.45) is 1.92. The maximum Gasteiger partial charge on any atom is 0.229 e. The molecule has 3 N–H and O–H groups in total. The van der Waals surface area contributed by atoms with Crippen molar-refractivity contribution < 1.29 is 8.42 Å². The first-order chi connectivity index (χ1) is 10.1. The molecule has 1 aromatic carbocycles. The molecule has 0 unspecified atom stereocenters. The average Bonchev–Trinajstić information content (AvgIpc) is 2.36. The van der Waals surface area contributed by atoms with Gasteiger partial charge < -0.3 is 5.73 Å². The van der Waals surface area contributed by atoms with Crippen molar-refractivity contribution >= 4 is 15.7 Å². The molecule has 126 valence electrons. The van der Waals surface area contributed by atoms with E-state index in [-0.39, 0.29) is 6.04 Å². The molecule has 0 amide bonds. The molecule has 0 saturated heterocycles. The lowest BCUT2D eigenvalue weighted by Crippen LogP contribution is -2.45. The monoisotopic (exact) mass is 327 g/mol. The summed E-state index contributed by atoms with van der Waals surface area (Å²) in [6, 6.07) is 8.36.